The number of aryl methyl sites for hydroxylation is 1. The fourth-order valence-corrected chi connectivity index (χ4v) is 3.42. The number of amides is 1. The zero-order valence-electron chi connectivity index (χ0n) is 13.5. The lowest BCUT2D eigenvalue weighted by Gasteiger charge is -2.29. The topological polar surface area (TPSA) is 59.8 Å². The van der Waals surface area contributed by atoms with Gasteiger partial charge in [0.05, 0.1) is 17.8 Å². The molecule has 0 spiro atoms. The SMILES string of the molecule is Cc1c(C(=O)N2CCOc3c2ccc(F)c3F)oc2c1C(=O)CCC2. The Labute approximate surface area is 142 Å². The number of hydrogen-bond donors (Lipinski definition) is 0. The Balaban J connectivity index is 1.77. The molecule has 25 heavy (non-hydrogen) atoms. The van der Waals surface area contributed by atoms with Gasteiger partial charge in [0.1, 0.15) is 12.4 Å². The summed E-state index contributed by atoms with van der Waals surface area (Å²) >= 11 is 0. The van der Waals surface area contributed by atoms with Crippen molar-refractivity contribution in [1.82, 2.24) is 0 Å². The normalized spacial score (nSPS) is 16.3. The summed E-state index contributed by atoms with van der Waals surface area (Å²) in [6.45, 7) is 1.89. The molecule has 0 radical (unpaired) electrons. The first kappa shape index (κ1) is 15.8. The molecule has 2 heterocycles. The Morgan fingerprint density at radius 1 is 1.24 bits per heavy atom. The van der Waals surface area contributed by atoms with Gasteiger partial charge in [-0.05, 0) is 25.5 Å². The van der Waals surface area contributed by atoms with Gasteiger partial charge >= 0.3 is 0 Å². The van der Waals surface area contributed by atoms with Crippen molar-refractivity contribution in [2.45, 2.75) is 26.2 Å². The van der Waals surface area contributed by atoms with Crippen LogP contribution in [0.25, 0.3) is 0 Å². The number of fused-ring (bicyclic) bond motifs is 2. The molecule has 1 aliphatic heterocycles. The van der Waals surface area contributed by atoms with E-state index in [4.69, 9.17) is 9.15 Å². The third-order valence-corrected chi connectivity index (χ3v) is 4.63. The summed E-state index contributed by atoms with van der Waals surface area (Å²) < 4.78 is 38.2. The van der Waals surface area contributed by atoms with E-state index < -0.39 is 17.5 Å². The van der Waals surface area contributed by atoms with Gasteiger partial charge < -0.3 is 9.15 Å². The van der Waals surface area contributed by atoms with Crippen molar-refractivity contribution in [3.05, 3.63) is 46.4 Å². The van der Waals surface area contributed by atoms with E-state index in [-0.39, 0.29) is 36.1 Å². The largest absolute Gasteiger partial charge is 0.486 e. The van der Waals surface area contributed by atoms with Crippen molar-refractivity contribution < 1.29 is 27.5 Å². The van der Waals surface area contributed by atoms with Crippen LogP contribution in [0.4, 0.5) is 14.5 Å². The molecule has 0 saturated carbocycles. The molecule has 1 aliphatic carbocycles. The van der Waals surface area contributed by atoms with E-state index in [1.54, 1.807) is 6.92 Å². The zero-order chi connectivity index (χ0) is 17.7. The molecule has 0 saturated heterocycles. The summed E-state index contributed by atoms with van der Waals surface area (Å²) in [6.07, 6.45) is 1.73. The van der Waals surface area contributed by atoms with Crippen LogP contribution < -0.4 is 9.64 Å². The second kappa shape index (κ2) is 5.68. The number of furan rings is 1. The lowest BCUT2D eigenvalue weighted by atomic mass is 9.94. The highest BCUT2D eigenvalue weighted by molar-refractivity contribution is 6.09. The van der Waals surface area contributed by atoms with Gasteiger partial charge in [-0.25, -0.2) is 4.39 Å². The molecule has 1 aromatic heterocycles. The van der Waals surface area contributed by atoms with Gasteiger partial charge in [0, 0.05) is 18.4 Å². The zero-order valence-corrected chi connectivity index (χ0v) is 13.5. The lowest BCUT2D eigenvalue weighted by Crippen LogP contribution is -2.38. The Morgan fingerprint density at radius 2 is 2.04 bits per heavy atom. The van der Waals surface area contributed by atoms with Crippen molar-refractivity contribution >= 4 is 17.4 Å². The van der Waals surface area contributed by atoms with Gasteiger partial charge in [0.25, 0.3) is 5.91 Å². The summed E-state index contributed by atoms with van der Waals surface area (Å²) in [5.41, 5.74) is 1.13. The monoisotopic (exact) mass is 347 g/mol. The number of rotatable bonds is 1. The molecule has 2 aliphatic rings. The first-order valence-electron chi connectivity index (χ1n) is 8.07. The van der Waals surface area contributed by atoms with Crippen LogP contribution in [0.15, 0.2) is 16.5 Å². The quantitative estimate of drug-likeness (QED) is 0.793. The molecule has 1 amide bonds. The standard InChI is InChI=1S/C18H15F2NO4/c1-9-14-12(22)3-2-4-13(14)25-16(9)18(23)21-7-8-24-17-11(21)6-5-10(19)15(17)20/h5-6H,2-4,7-8H2,1H3. The van der Waals surface area contributed by atoms with E-state index >= 15 is 0 Å². The second-order valence-corrected chi connectivity index (χ2v) is 6.15. The number of benzene rings is 1. The van der Waals surface area contributed by atoms with Crippen molar-refractivity contribution in [2.24, 2.45) is 0 Å². The molecule has 5 nitrogen and oxygen atoms in total. The van der Waals surface area contributed by atoms with Crippen molar-refractivity contribution in [2.75, 3.05) is 18.1 Å². The minimum absolute atomic E-state index is 0.0305. The third-order valence-electron chi connectivity index (χ3n) is 4.63. The Morgan fingerprint density at radius 3 is 2.80 bits per heavy atom. The van der Waals surface area contributed by atoms with E-state index in [0.717, 1.165) is 6.07 Å². The van der Waals surface area contributed by atoms with Gasteiger partial charge in [0.15, 0.2) is 23.1 Å². The van der Waals surface area contributed by atoms with Crippen molar-refractivity contribution in [1.29, 1.82) is 0 Å². The Bertz CT molecular complexity index is 903. The van der Waals surface area contributed by atoms with Crippen LogP contribution in [0.3, 0.4) is 0 Å². The Hall–Kier alpha value is -2.70. The molecule has 4 rings (SSSR count). The molecule has 0 fully saturated rings. The number of halogens is 2. The van der Waals surface area contributed by atoms with Crippen LogP contribution in [0.2, 0.25) is 0 Å². The first-order valence-corrected chi connectivity index (χ1v) is 8.07. The van der Waals surface area contributed by atoms with Gasteiger partial charge in [-0.3, -0.25) is 14.5 Å². The van der Waals surface area contributed by atoms with Gasteiger partial charge in [-0.1, -0.05) is 0 Å². The molecular formula is C18H15F2NO4. The predicted octanol–water partition coefficient (Wildman–Crippen LogP) is 3.42. The van der Waals surface area contributed by atoms with Crippen LogP contribution in [-0.4, -0.2) is 24.8 Å². The summed E-state index contributed by atoms with van der Waals surface area (Å²) in [6, 6.07) is 2.25. The molecule has 1 aromatic carbocycles. The average molecular weight is 347 g/mol. The Kier molecular flexibility index (Phi) is 3.59. The van der Waals surface area contributed by atoms with E-state index in [1.165, 1.54) is 11.0 Å². The van der Waals surface area contributed by atoms with Crippen LogP contribution >= 0.6 is 0 Å². The maximum absolute atomic E-state index is 13.9. The molecule has 0 unspecified atom stereocenters. The summed E-state index contributed by atoms with van der Waals surface area (Å²) in [4.78, 5) is 26.4. The smallest absolute Gasteiger partial charge is 0.294 e. The molecule has 0 N–H and O–H groups in total. The average Bonchev–Trinajstić information content (AvgIpc) is 2.95. The minimum Gasteiger partial charge on any atom is -0.486 e. The van der Waals surface area contributed by atoms with Crippen molar-refractivity contribution in [3.8, 4) is 5.75 Å². The number of carbonyl (C=O) groups excluding carboxylic acids is 2. The molecule has 0 atom stereocenters. The van der Waals surface area contributed by atoms with Gasteiger partial charge in [0.2, 0.25) is 5.82 Å². The summed E-state index contributed by atoms with van der Waals surface area (Å²) in [7, 11) is 0. The fourth-order valence-electron chi connectivity index (χ4n) is 3.42. The number of ether oxygens (including phenoxy) is 1. The highest BCUT2D eigenvalue weighted by Gasteiger charge is 2.34. The van der Waals surface area contributed by atoms with Crippen LogP contribution in [0.5, 0.6) is 5.75 Å². The van der Waals surface area contributed by atoms with Crippen LogP contribution in [0, 0.1) is 18.6 Å². The number of Topliss-reactive ketones (excluding diaryl/α,β-unsaturated/α-hetero) is 1. The van der Waals surface area contributed by atoms with Gasteiger partial charge in [-0.2, -0.15) is 4.39 Å². The second-order valence-electron chi connectivity index (χ2n) is 6.15. The molecule has 0 bridgehead atoms. The number of carbonyl (C=O) groups is 2. The maximum Gasteiger partial charge on any atom is 0.294 e. The van der Waals surface area contributed by atoms with Crippen molar-refractivity contribution in [3.63, 3.8) is 0 Å². The maximum atomic E-state index is 13.9. The first-order chi connectivity index (χ1) is 12.0. The number of hydrogen-bond acceptors (Lipinski definition) is 4. The minimum atomic E-state index is -1.12. The third kappa shape index (κ3) is 2.33. The van der Waals surface area contributed by atoms with E-state index in [2.05, 4.69) is 0 Å². The van der Waals surface area contributed by atoms with E-state index in [0.29, 0.717) is 36.1 Å². The number of ketones is 1. The molecule has 2 aromatic rings. The van der Waals surface area contributed by atoms with Crippen LogP contribution in [0.1, 0.15) is 45.1 Å². The number of anilines is 1. The van der Waals surface area contributed by atoms with E-state index in [1.807, 2.05) is 0 Å². The lowest BCUT2D eigenvalue weighted by molar-refractivity contribution is 0.0940. The molecule has 7 heteroatoms. The molecular weight excluding hydrogens is 332 g/mol. The molecule has 130 valence electrons. The highest BCUT2D eigenvalue weighted by Crippen LogP contribution is 2.37. The highest BCUT2D eigenvalue weighted by atomic mass is 19.2. The number of nitrogens with zero attached hydrogens (tertiary/aromatic N) is 1. The summed E-state index contributed by atoms with van der Waals surface area (Å²) in [5.74, 6) is -2.38. The predicted molar refractivity (Wildman–Crippen MR) is 84.2 cm³/mol. The fraction of sp³-hybridized carbons (Fsp3) is 0.333. The summed E-state index contributed by atoms with van der Waals surface area (Å²) in [5, 5.41) is 0. The van der Waals surface area contributed by atoms with E-state index in [9.17, 15) is 18.4 Å². The van der Waals surface area contributed by atoms with Crippen LogP contribution in [-0.2, 0) is 6.42 Å². The van der Waals surface area contributed by atoms with Gasteiger partial charge in [-0.15, -0.1) is 0 Å².